The summed E-state index contributed by atoms with van der Waals surface area (Å²) in [7, 11) is 1.56. The molecule has 0 aliphatic rings. The number of benzene rings is 2. The lowest BCUT2D eigenvalue weighted by molar-refractivity contribution is -0.118. The molecular formula is C17H20N2O3. The van der Waals surface area contributed by atoms with Crippen molar-refractivity contribution in [2.75, 3.05) is 25.6 Å². The molecule has 3 N–H and O–H groups in total. The number of hydrogen-bond donors (Lipinski definition) is 2. The van der Waals surface area contributed by atoms with Crippen LogP contribution in [-0.4, -0.2) is 26.2 Å². The van der Waals surface area contributed by atoms with Crippen LogP contribution in [0.4, 0.5) is 5.69 Å². The van der Waals surface area contributed by atoms with E-state index in [2.05, 4.69) is 5.32 Å². The molecule has 0 radical (unpaired) electrons. The average molecular weight is 300 g/mol. The third-order valence-electron chi connectivity index (χ3n) is 3.11. The van der Waals surface area contributed by atoms with Crippen molar-refractivity contribution in [3.05, 3.63) is 54.1 Å². The summed E-state index contributed by atoms with van der Waals surface area (Å²) in [5.74, 6) is 1.02. The van der Waals surface area contributed by atoms with Crippen molar-refractivity contribution in [3.63, 3.8) is 0 Å². The van der Waals surface area contributed by atoms with Gasteiger partial charge in [-0.3, -0.25) is 4.79 Å². The third kappa shape index (κ3) is 4.49. The van der Waals surface area contributed by atoms with Gasteiger partial charge < -0.3 is 20.5 Å². The molecule has 2 rings (SSSR count). The number of nitrogens with two attached hydrogens (primary N) is 1. The maximum Gasteiger partial charge on any atom is 0.262 e. The Kier molecular flexibility index (Phi) is 5.80. The average Bonchev–Trinajstić information content (AvgIpc) is 2.55. The first-order valence-corrected chi connectivity index (χ1v) is 7.07. The normalized spacial score (nSPS) is 10.1. The number of anilines is 1. The van der Waals surface area contributed by atoms with Gasteiger partial charge in [0.05, 0.1) is 12.8 Å². The fraction of sp³-hybridized carbons (Fsp3) is 0.235. The maximum atomic E-state index is 11.9. The minimum atomic E-state index is -0.240. The molecule has 0 saturated heterocycles. The Bertz CT molecular complexity index is 612. The molecule has 5 nitrogen and oxygen atoms in total. The fourth-order valence-corrected chi connectivity index (χ4v) is 2.00. The highest BCUT2D eigenvalue weighted by atomic mass is 16.5. The standard InChI is InChI=1S/C17H20N2O3/c1-21-16-5-3-2-4-15(16)19-17(20)12-22-14-8-6-13(7-9-14)10-11-18/h2-9H,10-12,18H2,1H3,(H,19,20). The van der Waals surface area contributed by atoms with Gasteiger partial charge in [0.2, 0.25) is 0 Å². The molecule has 1 amide bonds. The Morgan fingerprint density at radius 1 is 1.14 bits per heavy atom. The number of amides is 1. The molecular weight excluding hydrogens is 280 g/mol. The summed E-state index contributed by atoms with van der Waals surface area (Å²) in [5.41, 5.74) is 7.27. The second kappa shape index (κ2) is 8.05. The number of methoxy groups -OCH3 is 1. The summed E-state index contributed by atoms with van der Waals surface area (Å²) in [4.78, 5) is 11.9. The first kappa shape index (κ1) is 15.9. The Balaban J connectivity index is 1.87. The molecule has 0 saturated carbocycles. The van der Waals surface area contributed by atoms with Crippen LogP contribution in [0.15, 0.2) is 48.5 Å². The largest absolute Gasteiger partial charge is 0.495 e. The fourth-order valence-electron chi connectivity index (χ4n) is 2.00. The molecule has 0 aromatic heterocycles. The number of carbonyl (C=O) groups excluding carboxylic acids is 1. The quantitative estimate of drug-likeness (QED) is 0.822. The van der Waals surface area contributed by atoms with Crippen LogP contribution in [0.25, 0.3) is 0 Å². The molecule has 116 valence electrons. The number of ether oxygens (including phenoxy) is 2. The van der Waals surface area contributed by atoms with E-state index >= 15 is 0 Å². The van der Waals surface area contributed by atoms with E-state index in [0.717, 1.165) is 12.0 Å². The molecule has 0 atom stereocenters. The van der Waals surface area contributed by atoms with Gasteiger partial charge in [0.15, 0.2) is 6.61 Å². The van der Waals surface area contributed by atoms with E-state index in [4.69, 9.17) is 15.2 Å². The molecule has 2 aromatic rings. The summed E-state index contributed by atoms with van der Waals surface area (Å²) in [6, 6.07) is 14.8. The van der Waals surface area contributed by atoms with Gasteiger partial charge >= 0.3 is 0 Å². The number of carbonyl (C=O) groups is 1. The molecule has 22 heavy (non-hydrogen) atoms. The van der Waals surface area contributed by atoms with Crippen molar-refractivity contribution >= 4 is 11.6 Å². The van der Waals surface area contributed by atoms with Gasteiger partial charge in [-0.1, -0.05) is 24.3 Å². The lowest BCUT2D eigenvalue weighted by atomic mass is 10.1. The number of rotatable bonds is 7. The monoisotopic (exact) mass is 300 g/mol. The minimum absolute atomic E-state index is 0.0612. The van der Waals surface area contributed by atoms with Crippen LogP contribution >= 0.6 is 0 Å². The van der Waals surface area contributed by atoms with Crippen LogP contribution in [0.5, 0.6) is 11.5 Å². The van der Waals surface area contributed by atoms with Crippen molar-refractivity contribution in [1.82, 2.24) is 0 Å². The van der Waals surface area contributed by atoms with Gasteiger partial charge in [-0.25, -0.2) is 0 Å². The van der Waals surface area contributed by atoms with Crippen LogP contribution in [0, 0.1) is 0 Å². The maximum absolute atomic E-state index is 11.9. The van der Waals surface area contributed by atoms with Gasteiger partial charge in [-0.2, -0.15) is 0 Å². The summed E-state index contributed by atoms with van der Waals surface area (Å²) < 4.78 is 10.6. The van der Waals surface area contributed by atoms with Crippen molar-refractivity contribution in [1.29, 1.82) is 0 Å². The van der Waals surface area contributed by atoms with Crippen LogP contribution in [0.3, 0.4) is 0 Å². The summed E-state index contributed by atoms with van der Waals surface area (Å²) >= 11 is 0. The lowest BCUT2D eigenvalue weighted by Gasteiger charge is -2.10. The van der Waals surface area contributed by atoms with Gasteiger partial charge in [0, 0.05) is 0 Å². The van der Waals surface area contributed by atoms with Gasteiger partial charge in [-0.15, -0.1) is 0 Å². The summed E-state index contributed by atoms with van der Waals surface area (Å²) in [6.45, 7) is 0.551. The highest BCUT2D eigenvalue weighted by Gasteiger charge is 2.07. The SMILES string of the molecule is COc1ccccc1NC(=O)COc1ccc(CCN)cc1. The second-order valence-corrected chi connectivity index (χ2v) is 4.72. The highest BCUT2D eigenvalue weighted by molar-refractivity contribution is 5.93. The second-order valence-electron chi connectivity index (χ2n) is 4.72. The van der Waals surface area contributed by atoms with Crippen LogP contribution in [0.2, 0.25) is 0 Å². The highest BCUT2D eigenvalue weighted by Crippen LogP contribution is 2.22. The van der Waals surface area contributed by atoms with Crippen molar-refractivity contribution in [2.45, 2.75) is 6.42 Å². The zero-order chi connectivity index (χ0) is 15.8. The van der Waals surface area contributed by atoms with Crippen molar-refractivity contribution < 1.29 is 14.3 Å². The van der Waals surface area contributed by atoms with Crippen molar-refractivity contribution in [2.24, 2.45) is 5.73 Å². The molecule has 0 fully saturated rings. The van der Waals surface area contributed by atoms with E-state index in [9.17, 15) is 4.79 Å². The van der Waals surface area contributed by atoms with E-state index in [1.165, 1.54) is 0 Å². The first-order chi connectivity index (χ1) is 10.7. The zero-order valence-corrected chi connectivity index (χ0v) is 12.5. The smallest absolute Gasteiger partial charge is 0.262 e. The van der Waals surface area contributed by atoms with E-state index in [1.54, 1.807) is 19.2 Å². The van der Waals surface area contributed by atoms with Crippen LogP contribution < -0.4 is 20.5 Å². The molecule has 0 unspecified atom stereocenters. The predicted octanol–water partition coefficient (Wildman–Crippen LogP) is 2.21. The topological polar surface area (TPSA) is 73.6 Å². The molecule has 0 bridgehead atoms. The van der Waals surface area contributed by atoms with E-state index in [-0.39, 0.29) is 12.5 Å². The Morgan fingerprint density at radius 2 is 1.86 bits per heavy atom. The number of hydrogen-bond acceptors (Lipinski definition) is 4. The lowest BCUT2D eigenvalue weighted by Crippen LogP contribution is -2.20. The van der Waals surface area contributed by atoms with Gasteiger partial charge in [0.1, 0.15) is 11.5 Å². The molecule has 0 heterocycles. The Labute approximate surface area is 130 Å². The third-order valence-corrected chi connectivity index (χ3v) is 3.11. The van der Waals surface area contributed by atoms with Crippen molar-refractivity contribution in [3.8, 4) is 11.5 Å². The molecule has 5 heteroatoms. The zero-order valence-electron chi connectivity index (χ0n) is 12.5. The predicted molar refractivity (Wildman–Crippen MR) is 86.3 cm³/mol. The number of para-hydroxylation sites is 2. The van der Waals surface area contributed by atoms with Gasteiger partial charge in [-0.05, 0) is 42.8 Å². The minimum Gasteiger partial charge on any atom is -0.495 e. The van der Waals surface area contributed by atoms with Gasteiger partial charge in [0.25, 0.3) is 5.91 Å². The van der Waals surface area contributed by atoms with Crippen LogP contribution in [-0.2, 0) is 11.2 Å². The summed E-state index contributed by atoms with van der Waals surface area (Å²) in [5, 5.41) is 2.76. The van der Waals surface area contributed by atoms with E-state index < -0.39 is 0 Å². The molecule has 2 aromatic carbocycles. The van der Waals surface area contributed by atoms with E-state index in [1.807, 2.05) is 36.4 Å². The Morgan fingerprint density at radius 3 is 2.55 bits per heavy atom. The molecule has 0 aliphatic heterocycles. The summed E-state index contributed by atoms with van der Waals surface area (Å²) in [6.07, 6.45) is 0.828. The first-order valence-electron chi connectivity index (χ1n) is 7.07. The molecule has 0 spiro atoms. The van der Waals surface area contributed by atoms with Crippen LogP contribution in [0.1, 0.15) is 5.56 Å². The Hall–Kier alpha value is -2.53. The van der Waals surface area contributed by atoms with E-state index in [0.29, 0.717) is 23.7 Å². The number of nitrogens with one attached hydrogen (secondary N) is 1. The molecule has 0 aliphatic carbocycles.